The van der Waals surface area contributed by atoms with Crippen LogP contribution in [0.1, 0.15) is 19.7 Å². The van der Waals surface area contributed by atoms with Gasteiger partial charge in [0, 0.05) is 44.6 Å². The summed E-state index contributed by atoms with van der Waals surface area (Å²) in [6.07, 6.45) is 6.23. The first kappa shape index (κ1) is 19.0. The van der Waals surface area contributed by atoms with E-state index >= 15 is 0 Å². The van der Waals surface area contributed by atoms with Crippen LogP contribution in [0.3, 0.4) is 0 Å². The number of nitrogens with one attached hydrogen (secondary N) is 1. The van der Waals surface area contributed by atoms with E-state index in [9.17, 15) is 0 Å². The molecule has 1 N–H and O–H groups in total. The minimum absolute atomic E-state index is 0.101. The third-order valence-electron chi connectivity index (χ3n) is 4.92. The molecule has 4 aromatic rings. The van der Waals surface area contributed by atoms with Gasteiger partial charge in [-0.05, 0) is 24.1 Å². The lowest BCUT2D eigenvalue weighted by molar-refractivity contribution is 0.0636. The second-order valence-electron chi connectivity index (χ2n) is 7.21. The molecular formula is C20H24N8O. The zero-order valence-corrected chi connectivity index (χ0v) is 16.9. The van der Waals surface area contributed by atoms with Crippen LogP contribution < -0.4 is 5.32 Å². The van der Waals surface area contributed by atoms with Gasteiger partial charge in [0.2, 0.25) is 5.95 Å². The summed E-state index contributed by atoms with van der Waals surface area (Å²) in [5, 5.41) is 16.0. The normalized spacial score (nSPS) is 12.6. The SMILES string of the molecule is COC(Cc1nnc2cc(-c3ccnc(Nc4ccnn4C)n3)ccn12)C(C)C. The Morgan fingerprint density at radius 1 is 1.14 bits per heavy atom. The molecule has 4 rings (SSSR count). The molecule has 9 heteroatoms. The number of nitrogens with zero attached hydrogens (tertiary/aromatic N) is 7. The Morgan fingerprint density at radius 3 is 2.72 bits per heavy atom. The van der Waals surface area contributed by atoms with Crippen LogP contribution in [0.5, 0.6) is 0 Å². The fourth-order valence-electron chi connectivity index (χ4n) is 3.20. The van der Waals surface area contributed by atoms with Crippen LogP contribution in [-0.4, -0.2) is 47.6 Å². The van der Waals surface area contributed by atoms with Crippen molar-refractivity contribution in [3.63, 3.8) is 0 Å². The molecule has 1 atom stereocenters. The Bertz CT molecular complexity index is 1120. The van der Waals surface area contributed by atoms with E-state index in [-0.39, 0.29) is 6.10 Å². The molecule has 150 valence electrons. The highest BCUT2D eigenvalue weighted by molar-refractivity contribution is 5.65. The topological polar surface area (TPSA) is 95.0 Å². The maximum absolute atomic E-state index is 5.58. The highest BCUT2D eigenvalue weighted by Crippen LogP contribution is 2.21. The number of pyridine rings is 1. The van der Waals surface area contributed by atoms with Crippen LogP contribution in [0.15, 0.2) is 42.9 Å². The number of rotatable bonds is 7. The summed E-state index contributed by atoms with van der Waals surface area (Å²) >= 11 is 0. The van der Waals surface area contributed by atoms with Crippen molar-refractivity contribution in [1.82, 2.24) is 34.3 Å². The van der Waals surface area contributed by atoms with Crippen molar-refractivity contribution >= 4 is 17.4 Å². The maximum atomic E-state index is 5.58. The quantitative estimate of drug-likeness (QED) is 0.517. The molecule has 0 aromatic carbocycles. The molecular weight excluding hydrogens is 368 g/mol. The van der Waals surface area contributed by atoms with E-state index in [2.05, 4.69) is 44.4 Å². The molecule has 1 unspecified atom stereocenters. The van der Waals surface area contributed by atoms with Crippen LogP contribution >= 0.6 is 0 Å². The molecule has 9 nitrogen and oxygen atoms in total. The van der Waals surface area contributed by atoms with Crippen molar-refractivity contribution in [2.75, 3.05) is 12.4 Å². The average Bonchev–Trinajstić information content (AvgIpc) is 3.31. The van der Waals surface area contributed by atoms with Crippen molar-refractivity contribution in [2.24, 2.45) is 13.0 Å². The summed E-state index contributed by atoms with van der Waals surface area (Å²) in [7, 11) is 3.59. The lowest BCUT2D eigenvalue weighted by Gasteiger charge is -2.17. The van der Waals surface area contributed by atoms with Gasteiger partial charge in [0.05, 0.1) is 18.0 Å². The van der Waals surface area contributed by atoms with E-state index in [1.807, 2.05) is 41.9 Å². The van der Waals surface area contributed by atoms with Crippen LogP contribution in [0.25, 0.3) is 16.9 Å². The van der Waals surface area contributed by atoms with Gasteiger partial charge in [-0.1, -0.05) is 13.8 Å². The maximum Gasteiger partial charge on any atom is 0.228 e. The number of anilines is 2. The lowest BCUT2D eigenvalue weighted by Crippen LogP contribution is -2.22. The number of aromatic nitrogens is 7. The van der Waals surface area contributed by atoms with Crippen molar-refractivity contribution < 1.29 is 4.74 Å². The number of aryl methyl sites for hydroxylation is 1. The first-order valence-corrected chi connectivity index (χ1v) is 9.50. The second kappa shape index (κ2) is 7.96. The molecule has 29 heavy (non-hydrogen) atoms. The first-order valence-electron chi connectivity index (χ1n) is 9.50. The van der Waals surface area contributed by atoms with Crippen molar-refractivity contribution in [1.29, 1.82) is 0 Å². The highest BCUT2D eigenvalue weighted by atomic mass is 16.5. The molecule has 4 heterocycles. The Morgan fingerprint density at radius 2 is 2.00 bits per heavy atom. The average molecular weight is 392 g/mol. The molecule has 0 aliphatic carbocycles. The van der Waals surface area contributed by atoms with Crippen molar-refractivity contribution in [3.8, 4) is 11.3 Å². The van der Waals surface area contributed by atoms with E-state index in [1.54, 1.807) is 24.2 Å². The smallest absolute Gasteiger partial charge is 0.228 e. The summed E-state index contributed by atoms with van der Waals surface area (Å²) in [5.74, 6) is 2.61. The lowest BCUT2D eigenvalue weighted by atomic mass is 10.0. The fraction of sp³-hybridized carbons (Fsp3) is 0.350. The van der Waals surface area contributed by atoms with E-state index in [1.165, 1.54) is 0 Å². The van der Waals surface area contributed by atoms with E-state index in [0.717, 1.165) is 28.5 Å². The monoisotopic (exact) mass is 392 g/mol. The zero-order valence-electron chi connectivity index (χ0n) is 16.9. The van der Waals surface area contributed by atoms with Crippen LogP contribution in [0.2, 0.25) is 0 Å². The van der Waals surface area contributed by atoms with E-state index in [0.29, 0.717) is 18.3 Å². The fourth-order valence-corrected chi connectivity index (χ4v) is 3.20. The van der Waals surface area contributed by atoms with Gasteiger partial charge in [-0.2, -0.15) is 5.10 Å². The Hall–Kier alpha value is -3.33. The molecule has 0 spiro atoms. The second-order valence-corrected chi connectivity index (χ2v) is 7.21. The van der Waals surface area contributed by atoms with Gasteiger partial charge in [-0.15, -0.1) is 10.2 Å². The van der Waals surface area contributed by atoms with Crippen LogP contribution in [-0.2, 0) is 18.2 Å². The Kier molecular flexibility index (Phi) is 5.22. The molecule has 0 saturated heterocycles. The summed E-state index contributed by atoms with van der Waals surface area (Å²) in [5.41, 5.74) is 2.52. The molecule has 0 amide bonds. The van der Waals surface area contributed by atoms with Crippen LogP contribution in [0.4, 0.5) is 11.8 Å². The summed E-state index contributed by atoms with van der Waals surface area (Å²) in [4.78, 5) is 8.91. The van der Waals surface area contributed by atoms with Crippen LogP contribution in [0, 0.1) is 5.92 Å². The van der Waals surface area contributed by atoms with E-state index < -0.39 is 0 Å². The first-order chi connectivity index (χ1) is 14.0. The summed E-state index contributed by atoms with van der Waals surface area (Å²) in [6, 6.07) is 7.72. The Labute approximate surface area is 168 Å². The zero-order chi connectivity index (χ0) is 20.4. The molecule has 0 fully saturated rings. The van der Waals surface area contributed by atoms with Gasteiger partial charge in [-0.3, -0.25) is 9.08 Å². The molecule has 0 saturated carbocycles. The standard InChI is InChI=1S/C20H24N8O/c1-13(2)16(29-4)12-19-26-25-18-11-14(7-10-28(18)19)15-5-8-21-20(23-15)24-17-6-9-22-27(17)3/h5-11,13,16H,12H2,1-4H3,(H,21,23,24). The van der Waals surface area contributed by atoms with E-state index in [4.69, 9.17) is 4.74 Å². The largest absolute Gasteiger partial charge is 0.381 e. The third-order valence-corrected chi connectivity index (χ3v) is 4.92. The Balaban J connectivity index is 1.60. The minimum atomic E-state index is 0.101. The molecule has 4 aromatic heterocycles. The molecule has 0 radical (unpaired) electrons. The van der Waals surface area contributed by atoms with Gasteiger partial charge < -0.3 is 10.1 Å². The van der Waals surface area contributed by atoms with Crippen molar-refractivity contribution in [3.05, 3.63) is 48.7 Å². The van der Waals surface area contributed by atoms with Gasteiger partial charge in [-0.25, -0.2) is 9.97 Å². The predicted octanol–water partition coefficient (Wildman–Crippen LogP) is 2.88. The molecule has 0 bridgehead atoms. The molecule has 0 aliphatic rings. The third kappa shape index (κ3) is 3.95. The number of hydrogen-bond donors (Lipinski definition) is 1. The number of fused-ring (bicyclic) bond motifs is 1. The van der Waals surface area contributed by atoms with Gasteiger partial charge >= 0.3 is 0 Å². The summed E-state index contributed by atoms with van der Waals surface area (Å²) < 4.78 is 9.30. The highest BCUT2D eigenvalue weighted by Gasteiger charge is 2.17. The van der Waals surface area contributed by atoms with Gasteiger partial charge in [0.15, 0.2) is 5.65 Å². The number of ether oxygens (including phenoxy) is 1. The van der Waals surface area contributed by atoms with Crippen molar-refractivity contribution in [2.45, 2.75) is 26.4 Å². The molecule has 0 aliphatic heterocycles. The number of hydrogen-bond acceptors (Lipinski definition) is 7. The van der Waals surface area contributed by atoms with Gasteiger partial charge in [0.25, 0.3) is 0 Å². The predicted molar refractivity (Wildman–Crippen MR) is 110 cm³/mol. The number of methoxy groups -OCH3 is 1. The van der Waals surface area contributed by atoms with Gasteiger partial charge in [0.1, 0.15) is 11.6 Å². The minimum Gasteiger partial charge on any atom is -0.381 e. The summed E-state index contributed by atoms with van der Waals surface area (Å²) in [6.45, 7) is 4.28.